The fraction of sp³-hybridized carbons (Fsp3) is 0.0870. The quantitative estimate of drug-likeness (QED) is 0.156. The van der Waals surface area contributed by atoms with Gasteiger partial charge in [0.05, 0.1) is 31.9 Å². The maximum absolute atomic E-state index is 12.1. The Hall–Kier alpha value is -2.62. The van der Waals surface area contributed by atoms with Gasteiger partial charge < -0.3 is 9.72 Å². The van der Waals surface area contributed by atoms with Crippen LogP contribution < -0.4 is 10.2 Å². The number of carbonyl (C=O) groups is 1. The van der Waals surface area contributed by atoms with Crippen LogP contribution >= 0.6 is 43.6 Å². The molecule has 1 heterocycles. The highest BCUT2D eigenvalue weighted by molar-refractivity contribution is 9.11. The van der Waals surface area contributed by atoms with E-state index in [9.17, 15) is 4.79 Å². The fourth-order valence-electron chi connectivity index (χ4n) is 2.86. The lowest BCUT2D eigenvalue weighted by molar-refractivity contribution is -0.118. The number of carbonyl (C=O) groups excluding carboxylic acids is 1. The molecule has 0 bridgehead atoms. The molecule has 9 heteroatoms. The van der Waals surface area contributed by atoms with Crippen LogP contribution in [0.5, 0.6) is 5.75 Å². The average molecular weight is 574 g/mol. The van der Waals surface area contributed by atoms with Crippen LogP contribution in [0.15, 0.2) is 85.9 Å². The first kappa shape index (κ1) is 22.6. The standard InChI is InChI=1S/C23H18Br2N4O2S/c24-17-10-16(11-18(25)22(17)31-13-15-6-2-1-3-7-15)12-26-29-21(30)14-32-23-27-19-8-4-5-9-20(19)28-23/h1-12H,13-14H2,(H,27,28)(H,29,30)/b26-12-. The zero-order valence-corrected chi connectivity index (χ0v) is 20.7. The molecule has 3 aromatic carbocycles. The number of ether oxygens (including phenoxy) is 1. The lowest BCUT2D eigenvalue weighted by atomic mass is 10.2. The predicted molar refractivity (Wildman–Crippen MR) is 135 cm³/mol. The van der Waals surface area contributed by atoms with Crippen molar-refractivity contribution in [3.8, 4) is 5.75 Å². The van der Waals surface area contributed by atoms with Gasteiger partial charge in [-0.15, -0.1) is 0 Å². The molecule has 2 N–H and O–H groups in total. The molecule has 162 valence electrons. The zero-order valence-electron chi connectivity index (χ0n) is 16.7. The Balaban J connectivity index is 1.30. The van der Waals surface area contributed by atoms with E-state index in [2.05, 4.69) is 52.4 Å². The van der Waals surface area contributed by atoms with Crippen molar-refractivity contribution >= 4 is 66.8 Å². The third-order valence-corrected chi connectivity index (χ3v) is 6.41. The molecule has 0 spiro atoms. The molecular formula is C23H18Br2N4O2S. The topological polar surface area (TPSA) is 79.4 Å². The van der Waals surface area contributed by atoms with Gasteiger partial charge >= 0.3 is 0 Å². The van der Waals surface area contributed by atoms with Gasteiger partial charge in [-0.2, -0.15) is 5.10 Å². The van der Waals surface area contributed by atoms with Crippen molar-refractivity contribution in [3.63, 3.8) is 0 Å². The maximum atomic E-state index is 12.1. The minimum absolute atomic E-state index is 0.205. The number of para-hydroxylation sites is 2. The van der Waals surface area contributed by atoms with Crippen molar-refractivity contribution in [1.29, 1.82) is 0 Å². The minimum Gasteiger partial charge on any atom is -0.487 e. The number of imidazole rings is 1. The molecule has 0 aliphatic heterocycles. The number of rotatable bonds is 8. The number of thioether (sulfide) groups is 1. The van der Waals surface area contributed by atoms with E-state index in [1.807, 2.05) is 66.7 Å². The first-order chi connectivity index (χ1) is 15.6. The molecule has 6 nitrogen and oxygen atoms in total. The van der Waals surface area contributed by atoms with Crippen LogP contribution in [0.2, 0.25) is 0 Å². The van der Waals surface area contributed by atoms with Gasteiger partial charge in [0, 0.05) is 0 Å². The molecule has 4 rings (SSSR count). The lowest BCUT2D eigenvalue weighted by Gasteiger charge is -2.11. The minimum atomic E-state index is -0.215. The Morgan fingerprint density at radius 1 is 1.09 bits per heavy atom. The van der Waals surface area contributed by atoms with Crippen molar-refractivity contribution in [2.45, 2.75) is 11.8 Å². The summed E-state index contributed by atoms with van der Waals surface area (Å²) in [5, 5.41) is 4.75. The van der Waals surface area contributed by atoms with Gasteiger partial charge in [0.15, 0.2) is 5.16 Å². The SMILES string of the molecule is O=C(CSc1nc2ccccc2[nH]1)N/N=C\c1cc(Br)c(OCc2ccccc2)c(Br)c1. The van der Waals surface area contributed by atoms with E-state index < -0.39 is 0 Å². The largest absolute Gasteiger partial charge is 0.487 e. The molecule has 32 heavy (non-hydrogen) atoms. The molecule has 0 saturated heterocycles. The third-order valence-electron chi connectivity index (χ3n) is 4.36. The predicted octanol–water partition coefficient (Wildman–Crippen LogP) is 5.91. The summed E-state index contributed by atoms with van der Waals surface area (Å²) in [6.07, 6.45) is 1.58. The van der Waals surface area contributed by atoms with Crippen molar-refractivity contribution in [1.82, 2.24) is 15.4 Å². The number of nitrogens with one attached hydrogen (secondary N) is 2. The summed E-state index contributed by atoms with van der Waals surface area (Å²) in [4.78, 5) is 19.7. The van der Waals surface area contributed by atoms with E-state index in [4.69, 9.17) is 4.74 Å². The van der Waals surface area contributed by atoms with Gasteiger partial charge in [0.1, 0.15) is 12.4 Å². The van der Waals surface area contributed by atoms with E-state index in [0.29, 0.717) is 17.5 Å². The molecule has 1 aromatic heterocycles. The summed E-state index contributed by atoms with van der Waals surface area (Å²) < 4.78 is 7.50. The number of hydrogen-bond donors (Lipinski definition) is 2. The van der Waals surface area contributed by atoms with Gasteiger partial charge in [-0.25, -0.2) is 10.4 Å². The van der Waals surface area contributed by atoms with Crippen LogP contribution in [0.1, 0.15) is 11.1 Å². The van der Waals surface area contributed by atoms with E-state index in [1.54, 1.807) is 6.21 Å². The number of halogens is 2. The number of fused-ring (bicyclic) bond motifs is 1. The molecule has 1 amide bonds. The lowest BCUT2D eigenvalue weighted by Crippen LogP contribution is -2.19. The molecule has 0 unspecified atom stereocenters. The first-order valence-corrected chi connectivity index (χ1v) is 12.2. The molecule has 0 atom stereocenters. The van der Waals surface area contributed by atoms with Gasteiger partial charge in [0.2, 0.25) is 0 Å². The first-order valence-electron chi connectivity index (χ1n) is 9.64. The highest BCUT2D eigenvalue weighted by atomic mass is 79.9. The molecule has 0 radical (unpaired) electrons. The Morgan fingerprint density at radius 3 is 2.56 bits per heavy atom. The van der Waals surface area contributed by atoms with E-state index >= 15 is 0 Å². The number of nitrogens with zero attached hydrogens (tertiary/aromatic N) is 2. The summed E-state index contributed by atoms with van der Waals surface area (Å²) in [7, 11) is 0. The second-order valence-electron chi connectivity index (χ2n) is 6.73. The smallest absolute Gasteiger partial charge is 0.250 e. The van der Waals surface area contributed by atoms with Gasteiger partial charge in [-0.05, 0) is 67.3 Å². The monoisotopic (exact) mass is 572 g/mol. The third kappa shape index (κ3) is 5.99. The number of hydrogen-bond acceptors (Lipinski definition) is 5. The summed E-state index contributed by atoms with van der Waals surface area (Å²) in [6, 6.07) is 21.5. The average Bonchev–Trinajstić information content (AvgIpc) is 3.21. The Labute approximate surface area is 206 Å². The Kier molecular flexibility index (Phi) is 7.62. The molecule has 0 fully saturated rings. The second-order valence-corrected chi connectivity index (χ2v) is 9.40. The molecule has 0 aliphatic rings. The number of amides is 1. The van der Waals surface area contributed by atoms with Crippen molar-refractivity contribution in [3.05, 3.63) is 86.8 Å². The molecule has 4 aromatic rings. The molecule has 0 saturated carbocycles. The van der Waals surface area contributed by atoms with Crippen LogP contribution in [0, 0.1) is 0 Å². The fourth-order valence-corrected chi connectivity index (χ4v) is 4.99. The molecule has 0 aliphatic carbocycles. The number of H-pyrrole nitrogens is 1. The maximum Gasteiger partial charge on any atom is 0.250 e. The van der Waals surface area contributed by atoms with Crippen molar-refractivity contribution in [2.24, 2.45) is 5.10 Å². The highest BCUT2D eigenvalue weighted by Crippen LogP contribution is 2.35. The second kappa shape index (κ2) is 10.8. The number of benzene rings is 3. The van der Waals surface area contributed by atoms with Gasteiger partial charge in [-0.1, -0.05) is 54.2 Å². The number of hydrazone groups is 1. The van der Waals surface area contributed by atoms with E-state index in [1.165, 1.54) is 11.8 Å². The summed E-state index contributed by atoms with van der Waals surface area (Å²) in [6.45, 7) is 0.463. The van der Waals surface area contributed by atoms with Gasteiger partial charge in [0.25, 0.3) is 5.91 Å². The summed E-state index contributed by atoms with van der Waals surface area (Å²) in [5.74, 6) is 0.696. The van der Waals surface area contributed by atoms with E-state index in [0.717, 1.165) is 31.1 Å². The zero-order chi connectivity index (χ0) is 22.3. The summed E-state index contributed by atoms with van der Waals surface area (Å²) >= 11 is 8.41. The van der Waals surface area contributed by atoms with Crippen LogP contribution in [0.25, 0.3) is 11.0 Å². The highest BCUT2D eigenvalue weighted by Gasteiger charge is 2.10. The van der Waals surface area contributed by atoms with E-state index in [-0.39, 0.29) is 11.7 Å². The molecular weight excluding hydrogens is 556 g/mol. The van der Waals surface area contributed by atoms with Gasteiger partial charge in [-0.3, -0.25) is 4.79 Å². The van der Waals surface area contributed by atoms with Crippen LogP contribution in [0.4, 0.5) is 0 Å². The normalized spacial score (nSPS) is 11.2. The Bertz CT molecular complexity index is 1210. The number of aromatic nitrogens is 2. The van der Waals surface area contributed by atoms with Crippen LogP contribution in [-0.2, 0) is 11.4 Å². The summed E-state index contributed by atoms with van der Waals surface area (Å²) in [5.41, 5.74) is 6.25. The van der Waals surface area contributed by atoms with Crippen molar-refractivity contribution < 1.29 is 9.53 Å². The number of aromatic amines is 1. The van der Waals surface area contributed by atoms with Crippen molar-refractivity contribution in [2.75, 3.05) is 5.75 Å². The van der Waals surface area contributed by atoms with Crippen LogP contribution in [0.3, 0.4) is 0 Å². The van der Waals surface area contributed by atoms with Crippen LogP contribution in [-0.4, -0.2) is 27.8 Å². The Morgan fingerprint density at radius 2 is 1.81 bits per heavy atom.